The van der Waals surface area contributed by atoms with Crippen LogP contribution in [0.15, 0.2) is 30.3 Å². The van der Waals surface area contributed by atoms with Gasteiger partial charge >= 0.3 is 0 Å². The minimum Gasteiger partial charge on any atom is -0.396 e. The number of piperidine rings is 1. The molecule has 0 saturated carbocycles. The first kappa shape index (κ1) is 16.5. The minimum absolute atomic E-state index is 0.200. The van der Waals surface area contributed by atoms with Gasteiger partial charge in [0.2, 0.25) is 5.91 Å². The smallest absolute Gasteiger partial charge is 0.228 e. The first-order chi connectivity index (χ1) is 11.1. The monoisotopic (exact) mass is 316 g/mol. The maximum absolute atomic E-state index is 12.9. The second-order valence-electron chi connectivity index (χ2n) is 7.41. The van der Waals surface area contributed by atoms with E-state index < -0.39 is 0 Å². The van der Waals surface area contributed by atoms with Crippen LogP contribution in [0.2, 0.25) is 0 Å². The number of aliphatic hydroxyl groups is 1. The van der Waals surface area contributed by atoms with Crippen molar-refractivity contribution in [3.05, 3.63) is 35.9 Å². The van der Waals surface area contributed by atoms with E-state index in [0.717, 1.165) is 52.0 Å². The molecule has 4 nitrogen and oxygen atoms in total. The van der Waals surface area contributed by atoms with Crippen molar-refractivity contribution in [2.45, 2.75) is 32.7 Å². The average molecular weight is 316 g/mol. The molecule has 1 N–H and O–H groups in total. The highest BCUT2D eigenvalue weighted by Gasteiger charge is 2.41. The highest BCUT2D eigenvalue weighted by molar-refractivity contribution is 5.82. The maximum Gasteiger partial charge on any atom is 0.228 e. The number of amides is 1. The van der Waals surface area contributed by atoms with Gasteiger partial charge < -0.3 is 10.0 Å². The molecule has 2 heterocycles. The van der Waals surface area contributed by atoms with E-state index in [-0.39, 0.29) is 17.9 Å². The van der Waals surface area contributed by atoms with Crippen LogP contribution < -0.4 is 0 Å². The molecule has 1 unspecified atom stereocenters. The van der Waals surface area contributed by atoms with Gasteiger partial charge in [-0.2, -0.15) is 0 Å². The Labute approximate surface area is 139 Å². The van der Waals surface area contributed by atoms with E-state index in [1.165, 1.54) is 5.56 Å². The van der Waals surface area contributed by atoms with Gasteiger partial charge in [0, 0.05) is 37.6 Å². The van der Waals surface area contributed by atoms with Gasteiger partial charge in [-0.3, -0.25) is 9.69 Å². The molecule has 23 heavy (non-hydrogen) atoms. The second-order valence-corrected chi connectivity index (χ2v) is 7.41. The Balaban J connectivity index is 1.53. The molecule has 0 radical (unpaired) electrons. The van der Waals surface area contributed by atoms with Crippen LogP contribution in [-0.2, 0) is 11.3 Å². The fourth-order valence-electron chi connectivity index (χ4n) is 3.81. The molecule has 0 bridgehead atoms. The Morgan fingerprint density at radius 3 is 2.52 bits per heavy atom. The predicted molar refractivity (Wildman–Crippen MR) is 90.8 cm³/mol. The van der Waals surface area contributed by atoms with Gasteiger partial charge in [0.15, 0.2) is 0 Å². The third kappa shape index (κ3) is 3.75. The van der Waals surface area contributed by atoms with E-state index >= 15 is 0 Å². The number of aliphatic hydroxyl groups excluding tert-OH is 1. The van der Waals surface area contributed by atoms with Crippen LogP contribution in [0.25, 0.3) is 0 Å². The Morgan fingerprint density at radius 1 is 1.22 bits per heavy atom. The Hall–Kier alpha value is -1.39. The number of nitrogens with zero attached hydrogens (tertiary/aromatic N) is 2. The number of benzene rings is 1. The molecule has 3 rings (SSSR count). The standard InChI is InChI=1S/C19H28N2O2/c1-19(18(23)21-10-7-17(14-21)15-22)8-11-20(12-9-19)13-16-5-3-2-4-6-16/h2-6,17,22H,7-15H2,1H3. The van der Waals surface area contributed by atoms with Gasteiger partial charge in [0.05, 0.1) is 0 Å². The number of hydrogen-bond donors (Lipinski definition) is 1. The van der Waals surface area contributed by atoms with Gasteiger partial charge in [-0.05, 0) is 37.9 Å². The highest BCUT2D eigenvalue weighted by Crippen LogP contribution is 2.35. The Morgan fingerprint density at radius 2 is 1.91 bits per heavy atom. The molecule has 2 aliphatic rings. The zero-order valence-electron chi connectivity index (χ0n) is 14.1. The zero-order chi connectivity index (χ0) is 16.3. The maximum atomic E-state index is 12.9. The van der Waals surface area contributed by atoms with Crippen LogP contribution in [0.5, 0.6) is 0 Å². The molecular formula is C19H28N2O2. The molecule has 1 aromatic carbocycles. The molecule has 2 fully saturated rings. The second kappa shape index (κ2) is 7.02. The largest absolute Gasteiger partial charge is 0.396 e. The summed E-state index contributed by atoms with van der Waals surface area (Å²) in [6, 6.07) is 10.5. The fraction of sp³-hybridized carbons (Fsp3) is 0.632. The summed E-state index contributed by atoms with van der Waals surface area (Å²) in [4.78, 5) is 17.3. The summed E-state index contributed by atoms with van der Waals surface area (Å²) in [5.74, 6) is 0.577. The molecule has 2 saturated heterocycles. The average Bonchev–Trinajstić information content (AvgIpc) is 3.06. The van der Waals surface area contributed by atoms with Gasteiger partial charge in [-0.15, -0.1) is 0 Å². The van der Waals surface area contributed by atoms with Crippen molar-refractivity contribution in [1.82, 2.24) is 9.80 Å². The summed E-state index contributed by atoms with van der Waals surface area (Å²) in [5.41, 5.74) is 1.12. The van der Waals surface area contributed by atoms with Crippen LogP contribution in [0.1, 0.15) is 31.7 Å². The quantitative estimate of drug-likeness (QED) is 0.925. The normalized spacial score (nSPS) is 24.8. The third-order valence-electron chi connectivity index (χ3n) is 5.56. The van der Waals surface area contributed by atoms with Crippen LogP contribution in [0, 0.1) is 11.3 Å². The topological polar surface area (TPSA) is 43.8 Å². The van der Waals surface area contributed by atoms with Crippen molar-refractivity contribution in [2.75, 3.05) is 32.8 Å². The van der Waals surface area contributed by atoms with Gasteiger partial charge in [-0.25, -0.2) is 0 Å². The molecule has 1 atom stereocenters. The van der Waals surface area contributed by atoms with Crippen molar-refractivity contribution in [2.24, 2.45) is 11.3 Å². The molecule has 4 heteroatoms. The van der Waals surface area contributed by atoms with Gasteiger partial charge in [0.1, 0.15) is 0 Å². The molecule has 0 aliphatic carbocycles. The lowest BCUT2D eigenvalue weighted by atomic mass is 9.79. The Kier molecular flexibility index (Phi) is 5.02. The highest BCUT2D eigenvalue weighted by atomic mass is 16.3. The Bertz CT molecular complexity index is 523. The molecule has 0 spiro atoms. The molecule has 1 amide bonds. The van der Waals surface area contributed by atoms with Crippen molar-refractivity contribution >= 4 is 5.91 Å². The predicted octanol–water partition coefficient (Wildman–Crippen LogP) is 2.13. The lowest BCUT2D eigenvalue weighted by molar-refractivity contribution is -0.143. The first-order valence-corrected chi connectivity index (χ1v) is 8.77. The zero-order valence-corrected chi connectivity index (χ0v) is 14.1. The number of hydrogen-bond acceptors (Lipinski definition) is 3. The minimum atomic E-state index is -0.225. The first-order valence-electron chi connectivity index (χ1n) is 8.77. The molecule has 1 aromatic rings. The van der Waals surface area contributed by atoms with E-state index in [4.69, 9.17) is 0 Å². The van der Waals surface area contributed by atoms with Crippen LogP contribution in [0.4, 0.5) is 0 Å². The van der Waals surface area contributed by atoms with Crippen LogP contribution in [0.3, 0.4) is 0 Å². The van der Waals surface area contributed by atoms with Crippen LogP contribution >= 0.6 is 0 Å². The van der Waals surface area contributed by atoms with Crippen molar-refractivity contribution in [3.63, 3.8) is 0 Å². The number of carbonyl (C=O) groups is 1. The number of likely N-dealkylation sites (tertiary alicyclic amines) is 2. The molecule has 126 valence electrons. The SMILES string of the molecule is CC1(C(=O)N2CCC(CO)C2)CCN(Cc2ccccc2)CC1. The summed E-state index contributed by atoms with van der Waals surface area (Å²) in [5, 5.41) is 9.27. The third-order valence-corrected chi connectivity index (χ3v) is 5.56. The summed E-state index contributed by atoms with van der Waals surface area (Å²) in [6.45, 7) is 6.81. The number of rotatable bonds is 4. The van der Waals surface area contributed by atoms with E-state index in [9.17, 15) is 9.90 Å². The van der Waals surface area contributed by atoms with Crippen molar-refractivity contribution in [3.8, 4) is 0 Å². The molecule has 0 aromatic heterocycles. The van der Waals surface area contributed by atoms with Crippen molar-refractivity contribution < 1.29 is 9.90 Å². The molecular weight excluding hydrogens is 288 g/mol. The van der Waals surface area contributed by atoms with E-state index in [0.29, 0.717) is 5.91 Å². The van der Waals surface area contributed by atoms with Crippen molar-refractivity contribution in [1.29, 1.82) is 0 Å². The number of carbonyl (C=O) groups excluding carboxylic acids is 1. The molecule has 2 aliphatic heterocycles. The lowest BCUT2D eigenvalue weighted by Crippen LogP contribution is -2.48. The summed E-state index contributed by atoms with van der Waals surface area (Å²) >= 11 is 0. The summed E-state index contributed by atoms with van der Waals surface area (Å²) < 4.78 is 0. The van der Waals surface area contributed by atoms with Gasteiger partial charge in [-0.1, -0.05) is 37.3 Å². The summed E-state index contributed by atoms with van der Waals surface area (Å²) in [6.07, 6.45) is 2.80. The lowest BCUT2D eigenvalue weighted by Gasteiger charge is -2.40. The van der Waals surface area contributed by atoms with Crippen LogP contribution in [-0.4, -0.2) is 53.6 Å². The van der Waals surface area contributed by atoms with E-state index in [1.54, 1.807) is 0 Å². The summed E-state index contributed by atoms with van der Waals surface area (Å²) in [7, 11) is 0. The van der Waals surface area contributed by atoms with Gasteiger partial charge in [0.25, 0.3) is 0 Å². The van der Waals surface area contributed by atoms with E-state index in [1.807, 2.05) is 11.0 Å². The van der Waals surface area contributed by atoms with E-state index in [2.05, 4.69) is 36.1 Å². The fourth-order valence-corrected chi connectivity index (χ4v) is 3.81.